The smallest absolute Gasteiger partial charge is 0.306 e. The maximum absolute atomic E-state index is 11.9. The van der Waals surface area contributed by atoms with Crippen molar-refractivity contribution in [3.05, 3.63) is 64.7 Å². The van der Waals surface area contributed by atoms with Crippen LogP contribution in [0.15, 0.2) is 48.5 Å². The van der Waals surface area contributed by atoms with E-state index in [-0.39, 0.29) is 25.0 Å². The zero-order valence-electron chi connectivity index (χ0n) is 14.8. The molecule has 2 rings (SSSR count). The van der Waals surface area contributed by atoms with Crippen molar-refractivity contribution in [2.75, 3.05) is 13.7 Å². The van der Waals surface area contributed by atoms with Crippen LogP contribution < -0.4 is 10.1 Å². The predicted molar refractivity (Wildman–Crippen MR) is 100 cm³/mol. The van der Waals surface area contributed by atoms with Gasteiger partial charge >= 0.3 is 5.97 Å². The zero-order valence-corrected chi connectivity index (χ0v) is 15.6. The minimum Gasteiger partial charge on any atom is -0.496 e. The van der Waals surface area contributed by atoms with E-state index >= 15 is 0 Å². The molecule has 5 nitrogen and oxygen atoms in total. The van der Waals surface area contributed by atoms with Gasteiger partial charge in [0.15, 0.2) is 6.61 Å². The van der Waals surface area contributed by atoms with Crippen molar-refractivity contribution in [2.45, 2.75) is 25.8 Å². The summed E-state index contributed by atoms with van der Waals surface area (Å²) in [6, 6.07) is 14.5. The number of nitrogens with one attached hydrogen (secondary N) is 1. The third-order valence-electron chi connectivity index (χ3n) is 3.88. The molecule has 0 saturated carbocycles. The lowest BCUT2D eigenvalue weighted by molar-refractivity contribution is -0.148. The normalized spacial score (nSPS) is 11.5. The van der Waals surface area contributed by atoms with Gasteiger partial charge in [-0.3, -0.25) is 9.59 Å². The van der Waals surface area contributed by atoms with E-state index in [4.69, 9.17) is 21.1 Å². The van der Waals surface area contributed by atoms with E-state index in [1.54, 1.807) is 19.2 Å². The van der Waals surface area contributed by atoms with E-state index in [1.807, 2.05) is 43.3 Å². The number of rotatable bonds is 8. The number of benzene rings is 2. The Bertz CT molecular complexity index is 763. The first-order chi connectivity index (χ1) is 12.5. The first-order valence-electron chi connectivity index (χ1n) is 8.32. The Morgan fingerprint density at radius 2 is 1.92 bits per heavy atom. The number of methoxy groups -OCH3 is 1. The Labute approximate surface area is 158 Å². The molecule has 2 aromatic rings. The highest BCUT2D eigenvalue weighted by Crippen LogP contribution is 2.19. The Morgan fingerprint density at radius 1 is 1.15 bits per heavy atom. The minimum atomic E-state index is -0.429. The molecule has 1 N–H and O–H groups in total. The van der Waals surface area contributed by atoms with Crippen molar-refractivity contribution >= 4 is 23.5 Å². The number of amides is 1. The van der Waals surface area contributed by atoms with E-state index < -0.39 is 5.97 Å². The molecule has 0 radical (unpaired) electrons. The second kappa shape index (κ2) is 9.82. The van der Waals surface area contributed by atoms with Crippen LogP contribution in [0.4, 0.5) is 0 Å². The van der Waals surface area contributed by atoms with Crippen LogP contribution in [0.5, 0.6) is 5.75 Å². The molecule has 6 heteroatoms. The molecule has 0 aliphatic carbocycles. The van der Waals surface area contributed by atoms with Crippen LogP contribution >= 0.6 is 11.6 Å². The third-order valence-corrected chi connectivity index (χ3v) is 4.12. The summed E-state index contributed by atoms with van der Waals surface area (Å²) >= 11 is 5.94. The number of aryl methyl sites for hydroxylation is 1. The Morgan fingerprint density at radius 3 is 2.65 bits per heavy atom. The van der Waals surface area contributed by atoms with Crippen molar-refractivity contribution < 1.29 is 19.1 Å². The molecular weight excluding hydrogens is 354 g/mol. The van der Waals surface area contributed by atoms with Crippen LogP contribution in [0.25, 0.3) is 0 Å². The molecule has 1 amide bonds. The number of carbonyl (C=O) groups is 2. The van der Waals surface area contributed by atoms with Crippen LogP contribution in [-0.4, -0.2) is 25.6 Å². The second-order valence-corrected chi connectivity index (χ2v) is 6.25. The molecule has 0 saturated heterocycles. The molecule has 26 heavy (non-hydrogen) atoms. The summed E-state index contributed by atoms with van der Waals surface area (Å²) in [5.74, 6) is -0.0574. The summed E-state index contributed by atoms with van der Waals surface area (Å²) in [5.41, 5.74) is 1.80. The van der Waals surface area contributed by atoms with Crippen LogP contribution in [0, 0.1) is 0 Å². The van der Waals surface area contributed by atoms with Gasteiger partial charge in [0.1, 0.15) is 5.75 Å². The molecule has 0 aromatic heterocycles. The average Bonchev–Trinajstić information content (AvgIpc) is 2.64. The predicted octanol–water partition coefficient (Wildman–Crippen LogP) is 3.70. The van der Waals surface area contributed by atoms with Crippen LogP contribution in [0.1, 0.15) is 30.5 Å². The number of hydrogen-bond acceptors (Lipinski definition) is 4. The lowest BCUT2D eigenvalue weighted by atomic mass is 10.1. The van der Waals surface area contributed by atoms with E-state index in [2.05, 4.69) is 5.32 Å². The van der Waals surface area contributed by atoms with Crippen LogP contribution in [0.2, 0.25) is 5.02 Å². The van der Waals surface area contributed by atoms with Gasteiger partial charge < -0.3 is 14.8 Å². The maximum atomic E-state index is 11.9. The molecule has 0 aliphatic rings. The number of esters is 1. The fourth-order valence-corrected chi connectivity index (χ4v) is 2.71. The summed E-state index contributed by atoms with van der Waals surface area (Å²) in [6.45, 7) is 1.53. The van der Waals surface area contributed by atoms with Crippen molar-refractivity contribution in [3.8, 4) is 5.75 Å². The molecule has 2 aromatic carbocycles. The van der Waals surface area contributed by atoms with Gasteiger partial charge in [-0.15, -0.1) is 0 Å². The van der Waals surface area contributed by atoms with Gasteiger partial charge in [-0.2, -0.15) is 0 Å². The Kier molecular flexibility index (Phi) is 7.48. The highest BCUT2D eigenvalue weighted by atomic mass is 35.5. The Hall–Kier alpha value is -2.53. The van der Waals surface area contributed by atoms with Crippen LogP contribution in [0.3, 0.4) is 0 Å². The molecule has 0 heterocycles. The van der Waals surface area contributed by atoms with Gasteiger partial charge in [-0.25, -0.2) is 0 Å². The molecule has 0 fully saturated rings. The number of hydrogen-bond donors (Lipinski definition) is 1. The topological polar surface area (TPSA) is 64.6 Å². The highest BCUT2D eigenvalue weighted by Gasteiger charge is 2.13. The van der Waals surface area contributed by atoms with E-state index in [9.17, 15) is 9.59 Å². The maximum Gasteiger partial charge on any atom is 0.306 e. The summed E-state index contributed by atoms with van der Waals surface area (Å²) < 4.78 is 10.3. The summed E-state index contributed by atoms with van der Waals surface area (Å²) in [4.78, 5) is 23.8. The first kappa shape index (κ1) is 19.8. The van der Waals surface area contributed by atoms with E-state index in [0.717, 1.165) is 16.9 Å². The SMILES string of the molecule is COc1ccccc1CCC(=O)OCC(=O)N[C@@H](C)c1cccc(Cl)c1. The number of para-hydroxylation sites is 1. The van der Waals surface area contributed by atoms with Crippen molar-refractivity contribution in [1.29, 1.82) is 0 Å². The van der Waals surface area contributed by atoms with Crippen molar-refractivity contribution in [1.82, 2.24) is 5.32 Å². The largest absolute Gasteiger partial charge is 0.496 e. The highest BCUT2D eigenvalue weighted by molar-refractivity contribution is 6.30. The van der Waals surface area contributed by atoms with Crippen LogP contribution in [-0.2, 0) is 20.7 Å². The lowest BCUT2D eigenvalue weighted by Crippen LogP contribution is -2.31. The molecule has 0 unspecified atom stereocenters. The molecule has 0 aliphatic heterocycles. The molecule has 1 atom stereocenters. The minimum absolute atomic E-state index is 0.178. The zero-order chi connectivity index (χ0) is 18.9. The fraction of sp³-hybridized carbons (Fsp3) is 0.300. The van der Waals surface area contributed by atoms with Crippen molar-refractivity contribution in [2.24, 2.45) is 0 Å². The first-order valence-corrected chi connectivity index (χ1v) is 8.69. The number of ether oxygens (including phenoxy) is 2. The molecule has 0 spiro atoms. The van der Waals surface area contributed by atoms with Gasteiger partial charge in [0.25, 0.3) is 5.91 Å². The van der Waals surface area contributed by atoms with Crippen molar-refractivity contribution in [3.63, 3.8) is 0 Å². The van der Waals surface area contributed by atoms with E-state index in [0.29, 0.717) is 11.4 Å². The van der Waals surface area contributed by atoms with Gasteiger partial charge in [0.2, 0.25) is 0 Å². The summed E-state index contributed by atoms with van der Waals surface area (Å²) in [7, 11) is 1.59. The number of carbonyl (C=O) groups excluding carboxylic acids is 2. The van der Waals surface area contributed by atoms with E-state index in [1.165, 1.54) is 0 Å². The van der Waals surface area contributed by atoms with Gasteiger partial charge in [0.05, 0.1) is 13.2 Å². The van der Waals surface area contributed by atoms with Gasteiger partial charge in [0, 0.05) is 11.4 Å². The molecule has 138 valence electrons. The molecular formula is C20H22ClNO4. The summed E-state index contributed by atoms with van der Waals surface area (Å²) in [6.07, 6.45) is 0.668. The third kappa shape index (κ3) is 6.08. The molecule has 0 bridgehead atoms. The standard InChI is InChI=1S/C20H22ClNO4/c1-14(16-7-5-8-17(21)12-16)22-19(23)13-26-20(24)11-10-15-6-3-4-9-18(15)25-2/h3-9,12,14H,10-11,13H2,1-2H3,(H,22,23)/t14-/m0/s1. The average molecular weight is 376 g/mol. The summed E-state index contributed by atoms with van der Waals surface area (Å²) in [5, 5.41) is 3.38. The lowest BCUT2D eigenvalue weighted by Gasteiger charge is -2.14. The van der Waals surface area contributed by atoms with Gasteiger partial charge in [-0.05, 0) is 42.7 Å². The number of halogens is 1. The quantitative estimate of drug-likeness (QED) is 0.714. The second-order valence-electron chi connectivity index (χ2n) is 5.82. The fourth-order valence-electron chi connectivity index (χ4n) is 2.51. The monoisotopic (exact) mass is 375 g/mol. The van der Waals surface area contributed by atoms with Gasteiger partial charge in [-0.1, -0.05) is 41.9 Å². The Balaban J connectivity index is 1.75.